The smallest absolute Gasteiger partial charge is 0.269 e. The van der Waals surface area contributed by atoms with Gasteiger partial charge in [-0.05, 0) is 52.0 Å². The Labute approximate surface area is 130 Å². The number of nitro groups is 1. The molecule has 0 heterocycles. The highest BCUT2D eigenvalue weighted by Crippen LogP contribution is 2.37. The largest absolute Gasteiger partial charge is 0.302 e. The lowest BCUT2D eigenvalue weighted by molar-refractivity contribution is -0.384. The lowest BCUT2D eigenvalue weighted by Gasteiger charge is -2.49. The van der Waals surface area contributed by atoms with E-state index in [1.54, 1.807) is 12.1 Å². The van der Waals surface area contributed by atoms with Gasteiger partial charge in [0.25, 0.3) is 5.69 Å². The third-order valence-electron chi connectivity index (χ3n) is 4.48. The van der Waals surface area contributed by atoms with Crippen molar-refractivity contribution in [3.05, 3.63) is 38.9 Å². The first-order valence-corrected chi connectivity index (χ1v) is 7.51. The quantitative estimate of drug-likeness (QED) is 0.598. The maximum atomic E-state index is 10.9. The molecule has 0 aliphatic heterocycles. The van der Waals surface area contributed by atoms with Crippen molar-refractivity contribution in [3.63, 3.8) is 0 Å². The van der Waals surface area contributed by atoms with Gasteiger partial charge in [0.1, 0.15) is 0 Å². The van der Waals surface area contributed by atoms with Crippen molar-refractivity contribution in [3.8, 4) is 0 Å². The number of nitro benzene ring substituents is 1. The number of benzene rings is 1. The van der Waals surface area contributed by atoms with Crippen LogP contribution in [0.15, 0.2) is 18.2 Å². The predicted molar refractivity (Wildman–Crippen MR) is 84.7 cm³/mol. The molecule has 1 aliphatic rings. The van der Waals surface area contributed by atoms with Gasteiger partial charge in [-0.1, -0.05) is 11.6 Å². The average Bonchev–Trinajstić information content (AvgIpc) is 2.35. The first-order valence-electron chi connectivity index (χ1n) is 7.13. The van der Waals surface area contributed by atoms with Crippen LogP contribution in [0.25, 0.3) is 0 Å². The van der Waals surface area contributed by atoms with Crippen molar-refractivity contribution in [2.45, 2.75) is 31.3 Å². The van der Waals surface area contributed by atoms with Crippen molar-refractivity contribution in [2.24, 2.45) is 0 Å². The third-order valence-corrected chi connectivity index (χ3v) is 4.85. The van der Waals surface area contributed by atoms with Gasteiger partial charge in [0.05, 0.1) is 4.92 Å². The van der Waals surface area contributed by atoms with Gasteiger partial charge in [0.15, 0.2) is 0 Å². The Morgan fingerprint density at radius 2 is 2.00 bits per heavy atom. The van der Waals surface area contributed by atoms with Crippen molar-refractivity contribution in [1.29, 1.82) is 0 Å². The van der Waals surface area contributed by atoms with Crippen LogP contribution in [0.1, 0.15) is 24.8 Å². The second-order valence-corrected chi connectivity index (χ2v) is 6.58. The maximum absolute atomic E-state index is 10.9. The highest BCUT2D eigenvalue weighted by molar-refractivity contribution is 6.31. The minimum absolute atomic E-state index is 0.0915. The molecule has 1 aromatic carbocycles. The molecule has 1 aromatic rings. The summed E-state index contributed by atoms with van der Waals surface area (Å²) in [6.07, 6.45) is 3.67. The van der Waals surface area contributed by atoms with Crippen molar-refractivity contribution < 1.29 is 4.92 Å². The minimum Gasteiger partial charge on any atom is -0.302 e. The van der Waals surface area contributed by atoms with Gasteiger partial charge in [0.2, 0.25) is 0 Å². The summed E-state index contributed by atoms with van der Waals surface area (Å²) in [5.74, 6) is 0. The van der Waals surface area contributed by atoms with Crippen LogP contribution in [0.5, 0.6) is 0 Å². The van der Waals surface area contributed by atoms with Crippen LogP contribution in [-0.2, 0) is 6.54 Å². The van der Waals surface area contributed by atoms with Crippen LogP contribution < -0.4 is 0 Å². The van der Waals surface area contributed by atoms with Crippen LogP contribution in [0.3, 0.4) is 0 Å². The van der Waals surface area contributed by atoms with E-state index in [1.165, 1.54) is 25.3 Å². The third kappa shape index (κ3) is 3.54. The normalized spacial score (nSPS) is 17.0. The molecule has 1 fully saturated rings. The van der Waals surface area contributed by atoms with Gasteiger partial charge in [-0.15, -0.1) is 0 Å². The molecule has 5 nitrogen and oxygen atoms in total. The van der Waals surface area contributed by atoms with Gasteiger partial charge in [-0.2, -0.15) is 0 Å². The first kappa shape index (κ1) is 16.2. The fourth-order valence-corrected chi connectivity index (χ4v) is 3.15. The molecule has 0 unspecified atom stereocenters. The molecule has 0 amide bonds. The van der Waals surface area contributed by atoms with Gasteiger partial charge >= 0.3 is 0 Å². The lowest BCUT2D eigenvalue weighted by Crippen LogP contribution is -2.56. The summed E-state index contributed by atoms with van der Waals surface area (Å²) in [6, 6.07) is 4.62. The molecule has 1 aliphatic carbocycles. The number of rotatable bonds is 6. The second-order valence-electron chi connectivity index (χ2n) is 6.18. The Kier molecular flexibility index (Phi) is 4.86. The summed E-state index contributed by atoms with van der Waals surface area (Å²) >= 11 is 6.17. The monoisotopic (exact) mass is 311 g/mol. The Hall–Kier alpha value is -1.17. The number of non-ortho nitro benzene ring substituents is 1. The summed E-state index contributed by atoms with van der Waals surface area (Å²) < 4.78 is 0. The van der Waals surface area contributed by atoms with E-state index < -0.39 is 0 Å². The molecule has 0 atom stereocenters. The molecule has 1 saturated carbocycles. The van der Waals surface area contributed by atoms with Gasteiger partial charge < -0.3 is 9.80 Å². The Morgan fingerprint density at radius 3 is 2.48 bits per heavy atom. The van der Waals surface area contributed by atoms with E-state index >= 15 is 0 Å². The predicted octanol–water partition coefficient (Wildman–Crippen LogP) is 3.16. The Bertz CT molecular complexity index is 530. The number of hydrogen-bond acceptors (Lipinski definition) is 4. The van der Waals surface area contributed by atoms with Crippen LogP contribution in [-0.4, -0.2) is 47.9 Å². The van der Waals surface area contributed by atoms with E-state index in [2.05, 4.69) is 23.9 Å². The van der Waals surface area contributed by atoms with Gasteiger partial charge in [-0.3, -0.25) is 10.1 Å². The molecule has 0 saturated heterocycles. The van der Waals surface area contributed by atoms with E-state index in [1.807, 2.05) is 7.05 Å². The average molecular weight is 312 g/mol. The second kappa shape index (κ2) is 6.30. The molecule has 6 heteroatoms. The first-order chi connectivity index (χ1) is 9.84. The van der Waals surface area contributed by atoms with Gasteiger partial charge in [0, 0.05) is 35.8 Å². The fraction of sp³-hybridized carbons (Fsp3) is 0.600. The summed E-state index contributed by atoms with van der Waals surface area (Å²) in [6.45, 7) is 1.56. The van der Waals surface area contributed by atoms with Crippen LogP contribution in [0.2, 0.25) is 5.02 Å². The number of hydrogen-bond donors (Lipinski definition) is 0. The van der Waals surface area contributed by atoms with E-state index in [0.717, 1.165) is 12.1 Å². The summed E-state index contributed by atoms with van der Waals surface area (Å²) in [5.41, 5.74) is 1.14. The SMILES string of the molecule is CN(Cc1cc([N+](=O)[O-])ccc1Cl)CC1(N(C)C)CCC1. The van der Waals surface area contributed by atoms with Crippen molar-refractivity contribution in [1.82, 2.24) is 9.80 Å². The Morgan fingerprint density at radius 1 is 1.33 bits per heavy atom. The number of halogens is 1. The number of likely N-dealkylation sites (N-methyl/N-ethyl adjacent to an activating group) is 2. The van der Waals surface area contributed by atoms with Gasteiger partial charge in [-0.25, -0.2) is 0 Å². The van der Waals surface area contributed by atoms with Crippen molar-refractivity contribution in [2.75, 3.05) is 27.7 Å². The molecule has 21 heavy (non-hydrogen) atoms. The number of nitrogens with zero attached hydrogens (tertiary/aromatic N) is 3. The van der Waals surface area contributed by atoms with Crippen molar-refractivity contribution >= 4 is 17.3 Å². The molecule has 2 rings (SSSR count). The molecule has 0 spiro atoms. The molecule has 0 radical (unpaired) electrons. The van der Waals surface area contributed by atoms with Crippen LogP contribution in [0, 0.1) is 10.1 Å². The fourth-order valence-electron chi connectivity index (χ4n) is 2.98. The maximum Gasteiger partial charge on any atom is 0.269 e. The molecule has 0 bridgehead atoms. The summed E-state index contributed by atoms with van der Waals surface area (Å²) in [4.78, 5) is 15.0. The van der Waals surface area contributed by atoms with E-state index in [9.17, 15) is 10.1 Å². The zero-order valence-electron chi connectivity index (χ0n) is 12.8. The highest BCUT2D eigenvalue weighted by atomic mass is 35.5. The van der Waals surface area contributed by atoms with E-state index in [0.29, 0.717) is 11.6 Å². The lowest BCUT2D eigenvalue weighted by atomic mass is 9.75. The standard InChI is InChI=1S/C15H22ClN3O2/c1-17(2)15(7-4-8-15)11-18(3)10-12-9-13(19(20)21)5-6-14(12)16/h5-6,9H,4,7-8,10-11H2,1-3H3. The van der Waals surface area contributed by atoms with E-state index in [-0.39, 0.29) is 16.1 Å². The molecular formula is C15H22ClN3O2. The summed E-state index contributed by atoms with van der Waals surface area (Å²) in [7, 11) is 6.28. The zero-order valence-corrected chi connectivity index (χ0v) is 13.6. The molecule has 0 aromatic heterocycles. The molecular weight excluding hydrogens is 290 g/mol. The highest BCUT2D eigenvalue weighted by Gasteiger charge is 2.39. The van der Waals surface area contributed by atoms with E-state index in [4.69, 9.17) is 11.6 Å². The Balaban J connectivity index is 2.07. The zero-order chi connectivity index (χ0) is 15.6. The van der Waals surface area contributed by atoms with Crippen LogP contribution in [0.4, 0.5) is 5.69 Å². The summed E-state index contributed by atoms with van der Waals surface area (Å²) in [5, 5.41) is 11.4. The molecule has 116 valence electrons. The topological polar surface area (TPSA) is 49.6 Å². The molecule has 0 N–H and O–H groups in total. The minimum atomic E-state index is -0.382. The van der Waals surface area contributed by atoms with Crippen LogP contribution >= 0.6 is 11.6 Å².